The van der Waals surface area contributed by atoms with Crippen molar-refractivity contribution in [2.45, 2.75) is 26.0 Å². The van der Waals surface area contributed by atoms with Gasteiger partial charge < -0.3 is 19.9 Å². The van der Waals surface area contributed by atoms with Crippen molar-refractivity contribution in [3.8, 4) is 0 Å². The highest BCUT2D eigenvalue weighted by atomic mass is 127. The molecule has 0 aliphatic rings. The van der Waals surface area contributed by atoms with E-state index >= 15 is 0 Å². The Balaban J connectivity index is 0.00000338. The summed E-state index contributed by atoms with van der Waals surface area (Å²) in [5, 5.41) is 14.4. The van der Waals surface area contributed by atoms with Gasteiger partial charge in [0.05, 0.1) is 6.10 Å². The maximum atomic E-state index is 13.0. The van der Waals surface area contributed by atoms with Gasteiger partial charge in [0, 0.05) is 40.2 Å². The van der Waals surface area contributed by atoms with Crippen molar-refractivity contribution in [2.24, 2.45) is 4.99 Å². The van der Waals surface area contributed by atoms with Crippen LogP contribution in [0.3, 0.4) is 0 Å². The van der Waals surface area contributed by atoms with E-state index in [9.17, 15) is 4.39 Å². The van der Waals surface area contributed by atoms with Crippen LogP contribution in [-0.2, 0) is 17.7 Å². The fraction of sp³-hybridized carbons (Fsp3) is 0.471. The van der Waals surface area contributed by atoms with Gasteiger partial charge in [0.2, 0.25) is 0 Å². The van der Waals surface area contributed by atoms with Crippen molar-refractivity contribution < 1.29 is 9.13 Å². The molecule has 0 saturated carbocycles. The lowest BCUT2D eigenvalue weighted by Gasteiger charge is -2.19. The third-order valence-corrected chi connectivity index (χ3v) is 3.86. The number of hydrogen-bond acceptors (Lipinski definition) is 4. The van der Waals surface area contributed by atoms with Gasteiger partial charge in [0.15, 0.2) is 5.96 Å². The summed E-state index contributed by atoms with van der Waals surface area (Å²) in [6.45, 7) is 4.02. The Labute approximate surface area is 170 Å². The summed E-state index contributed by atoms with van der Waals surface area (Å²) in [6, 6.07) is 6.30. The number of benzene rings is 1. The van der Waals surface area contributed by atoms with Gasteiger partial charge >= 0.3 is 0 Å². The summed E-state index contributed by atoms with van der Waals surface area (Å²) in [7, 11) is 3.34. The zero-order chi connectivity index (χ0) is 18.1. The second kappa shape index (κ2) is 11.8. The van der Waals surface area contributed by atoms with Gasteiger partial charge in [-0.1, -0.05) is 19.1 Å². The average molecular weight is 476 g/mol. The van der Waals surface area contributed by atoms with E-state index < -0.39 is 0 Å². The summed E-state index contributed by atoms with van der Waals surface area (Å²) >= 11 is 0. The summed E-state index contributed by atoms with van der Waals surface area (Å²) in [4.78, 5) is 4.20. The SMILES string of the molecule is CCc1nncn1CCNC(=NC)NCC(OC)c1ccc(F)cc1.I. The summed E-state index contributed by atoms with van der Waals surface area (Å²) in [6.07, 6.45) is 2.38. The molecular weight excluding hydrogens is 450 g/mol. The molecule has 1 aromatic carbocycles. The minimum absolute atomic E-state index is 0. The van der Waals surface area contributed by atoms with Crippen molar-refractivity contribution >= 4 is 29.9 Å². The number of aromatic nitrogens is 3. The highest BCUT2D eigenvalue weighted by Gasteiger charge is 2.11. The van der Waals surface area contributed by atoms with Gasteiger partial charge in [0.25, 0.3) is 0 Å². The monoisotopic (exact) mass is 476 g/mol. The first kappa shape index (κ1) is 22.3. The molecule has 144 valence electrons. The lowest BCUT2D eigenvalue weighted by atomic mass is 10.1. The molecule has 1 aromatic heterocycles. The largest absolute Gasteiger partial charge is 0.375 e. The van der Waals surface area contributed by atoms with Crippen LogP contribution in [-0.4, -0.2) is 48.0 Å². The van der Waals surface area contributed by atoms with Gasteiger partial charge in [-0.2, -0.15) is 0 Å². The lowest BCUT2D eigenvalue weighted by Crippen LogP contribution is -2.41. The Morgan fingerprint density at radius 3 is 2.65 bits per heavy atom. The molecule has 0 amide bonds. The number of nitrogens with one attached hydrogen (secondary N) is 2. The number of rotatable bonds is 8. The Bertz CT molecular complexity index is 676. The second-order valence-corrected chi connectivity index (χ2v) is 5.45. The van der Waals surface area contributed by atoms with Gasteiger partial charge in [-0.25, -0.2) is 4.39 Å². The van der Waals surface area contributed by atoms with E-state index in [1.54, 1.807) is 32.6 Å². The molecule has 0 radical (unpaired) electrons. The fourth-order valence-electron chi connectivity index (χ4n) is 2.46. The van der Waals surface area contributed by atoms with E-state index in [0.717, 1.165) is 24.4 Å². The molecule has 0 saturated heterocycles. The normalized spacial score (nSPS) is 12.4. The van der Waals surface area contributed by atoms with Crippen LogP contribution in [0.5, 0.6) is 0 Å². The van der Waals surface area contributed by atoms with Crippen LogP contribution >= 0.6 is 24.0 Å². The first-order valence-electron chi connectivity index (χ1n) is 8.27. The van der Waals surface area contributed by atoms with Crippen LogP contribution in [0.1, 0.15) is 24.4 Å². The van der Waals surface area contributed by atoms with E-state index in [2.05, 4.69) is 32.7 Å². The predicted octanol–water partition coefficient (Wildman–Crippen LogP) is 2.15. The molecule has 0 bridgehead atoms. The summed E-state index contributed by atoms with van der Waals surface area (Å²) < 4.78 is 20.5. The highest BCUT2D eigenvalue weighted by molar-refractivity contribution is 14.0. The molecule has 0 spiro atoms. The van der Waals surface area contributed by atoms with Crippen molar-refractivity contribution in [1.29, 1.82) is 0 Å². The minimum Gasteiger partial charge on any atom is -0.375 e. The van der Waals surface area contributed by atoms with Crippen LogP contribution in [0.25, 0.3) is 0 Å². The third-order valence-electron chi connectivity index (χ3n) is 3.86. The maximum absolute atomic E-state index is 13.0. The quantitative estimate of drug-likeness (QED) is 0.347. The number of aryl methyl sites for hydroxylation is 1. The van der Waals surface area contributed by atoms with E-state index in [4.69, 9.17) is 4.74 Å². The first-order chi connectivity index (χ1) is 12.2. The molecule has 0 fully saturated rings. The Kier molecular flexibility index (Phi) is 10.1. The lowest BCUT2D eigenvalue weighted by molar-refractivity contribution is 0.106. The number of halogens is 2. The Morgan fingerprint density at radius 2 is 2.04 bits per heavy atom. The summed E-state index contributed by atoms with van der Waals surface area (Å²) in [5.74, 6) is 1.38. The molecule has 9 heteroatoms. The van der Waals surface area contributed by atoms with Crippen molar-refractivity contribution in [2.75, 3.05) is 27.2 Å². The molecule has 7 nitrogen and oxygen atoms in total. The first-order valence-corrected chi connectivity index (χ1v) is 8.27. The van der Waals surface area contributed by atoms with Crippen LogP contribution in [0.2, 0.25) is 0 Å². The topological polar surface area (TPSA) is 76.4 Å². The number of ether oxygens (including phenoxy) is 1. The smallest absolute Gasteiger partial charge is 0.191 e. The van der Waals surface area contributed by atoms with Crippen molar-refractivity contribution in [3.63, 3.8) is 0 Å². The molecule has 1 atom stereocenters. The van der Waals surface area contributed by atoms with Crippen LogP contribution in [0.4, 0.5) is 4.39 Å². The molecule has 2 aromatic rings. The van der Waals surface area contributed by atoms with E-state index in [1.165, 1.54) is 12.1 Å². The fourth-order valence-corrected chi connectivity index (χ4v) is 2.46. The molecule has 1 heterocycles. The highest BCUT2D eigenvalue weighted by Crippen LogP contribution is 2.15. The number of methoxy groups -OCH3 is 1. The molecule has 0 aliphatic carbocycles. The van der Waals surface area contributed by atoms with Gasteiger partial charge in [-0.3, -0.25) is 4.99 Å². The minimum atomic E-state index is -0.260. The molecular formula is C17H26FIN6O. The second-order valence-electron chi connectivity index (χ2n) is 5.45. The zero-order valence-corrected chi connectivity index (χ0v) is 17.6. The van der Waals surface area contributed by atoms with Crippen LogP contribution in [0, 0.1) is 5.82 Å². The number of aliphatic imine (C=N–C) groups is 1. The average Bonchev–Trinajstić information content (AvgIpc) is 3.09. The van der Waals surface area contributed by atoms with E-state index in [-0.39, 0.29) is 35.9 Å². The maximum Gasteiger partial charge on any atom is 0.191 e. The third kappa shape index (κ3) is 6.52. The number of hydrogen-bond donors (Lipinski definition) is 2. The summed E-state index contributed by atoms with van der Waals surface area (Å²) in [5.41, 5.74) is 0.906. The van der Waals surface area contributed by atoms with Gasteiger partial charge in [-0.05, 0) is 17.7 Å². The van der Waals surface area contributed by atoms with Crippen molar-refractivity contribution in [3.05, 3.63) is 47.8 Å². The molecule has 0 aliphatic heterocycles. The van der Waals surface area contributed by atoms with Gasteiger partial charge in [0.1, 0.15) is 18.0 Å². The predicted molar refractivity (Wildman–Crippen MR) is 110 cm³/mol. The van der Waals surface area contributed by atoms with Crippen LogP contribution < -0.4 is 10.6 Å². The van der Waals surface area contributed by atoms with E-state index in [1.807, 2.05) is 4.57 Å². The Hall–Kier alpha value is -1.75. The molecule has 1 unspecified atom stereocenters. The van der Waals surface area contributed by atoms with Crippen molar-refractivity contribution in [1.82, 2.24) is 25.4 Å². The molecule has 26 heavy (non-hydrogen) atoms. The number of guanidine groups is 1. The molecule has 2 N–H and O–H groups in total. The van der Waals surface area contributed by atoms with Crippen LogP contribution in [0.15, 0.2) is 35.6 Å². The Morgan fingerprint density at radius 1 is 1.31 bits per heavy atom. The standard InChI is InChI=1S/C17H25FN6O.HI/c1-4-16-23-22-12-24(16)10-9-20-17(19-2)21-11-15(25-3)13-5-7-14(18)8-6-13;/h5-8,12,15H,4,9-11H2,1-3H3,(H2,19,20,21);1H. The zero-order valence-electron chi connectivity index (χ0n) is 15.3. The number of nitrogens with zero attached hydrogens (tertiary/aromatic N) is 4. The van der Waals surface area contributed by atoms with E-state index in [0.29, 0.717) is 19.0 Å². The van der Waals surface area contributed by atoms with Gasteiger partial charge in [-0.15, -0.1) is 34.2 Å². The molecule has 2 rings (SSSR count).